The van der Waals surface area contributed by atoms with Crippen LogP contribution >= 0.6 is 11.8 Å². The van der Waals surface area contributed by atoms with Crippen molar-refractivity contribution < 1.29 is 48.8 Å². The SMILES string of the molecule is CC(=O)N[C@@H](CC(=O)OCC(C)(C)[C@@H](O)C(=O)NCCC(=O)NCCSC(=O)C[C@@H](C)O)C(=O)O. The Morgan fingerprint density at radius 2 is 1.63 bits per heavy atom. The number of aliphatic hydroxyl groups excluding tert-OH is 2. The molecule has 0 rings (SSSR count). The number of carboxylic acids is 1. The molecule has 0 aromatic rings. The van der Waals surface area contributed by atoms with Gasteiger partial charge in [-0.2, -0.15) is 0 Å². The van der Waals surface area contributed by atoms with Crippen LogP contribution in [0.15, 0.2) is 0 Å². The molecule has 0 aromatic heterocycles. The number of ether oxygens (including phenoxy) is 1. The molecule has 13 nitrogen and oxygen atoms in total. The third kappa shape index (κ3) is 15.0. The molecule has 0 aromatic carbocycles. The van der Waals surface area contributed by atoms with Crippen LogP contribution in [0.25, 0.3) is 0 Å². The van der Waals surface area contributed by atoms with Crippen LogP contribution in [0.1, 0.15) is 47.0 Å². The van der Waals surface area contributed by atoms with Gasteiger partial charge in [0.05, 0.1) is 19.1 Å². The minimum atomic E-state index is -1.60. The van der Waals surface area contributed by atoms with Crippen LogP contribution in [0.2, 0.25) is 0 Å². The molecule has 0 saturated heterocycles. The van der Waals surface area contributed by atoms with Gasteiger partial charge in [0.15, 0.2) is 5.12 Å². The molecule has 0 spiro atoms. The number of nitrogens with one attached hydrogen (secondary N) is 3. The number of aliphatic hydroxyl groups is 2. The number of aliphatic carboxylic acids is 1. The number of hydrogen-bond donors (Lipinski definition) is 6. The molecule has 0 aliphatic carbocycles. The first-order chi connectivity index (χ1) is 16.2. The molecule has 35 heavy (non-hydrogen) atoms. The summed E-state index contributed by atoms with van der Waals surface area (Å²) in [4.78, 5) is 69.5. The van der Waals surface area contributed by atoms with Gasteiger partial charge in [-0.3, -0.25) is 24.0 Å². The molecular formula is C21H35N3O10S. The first kappa shape index (κ1) is 32.3. The second-order valence-corrected chi connectivity index (χ2v) is 9.66. The van der Waals surface area contributed by atoms with E-state index in [4.69, 9.17) is 14.9 Å². The normalized spacial score (nSPS) is 13.7. The second-order valence-electron chi connectivity index (χ2n) is 8.51. The zero-order chi connectivity index (χ0) is 27.2. The number of carbonyl (C=O) groups excluding carboxylic acids is 5. The number of esters is 1. The van der Waals surface area contributed by atoms with Crippen molar-refractivity contribution in [1.29, 1.82) is 0 Å². The van der Waals surface area contributed by atoms with E-state index in [1.54, 1.807) is 0 Å². The van der Waals surface area contributed by atoms with E-state index in [9.17, 15) is 33.9 Å². The van der Waals surface area contributed by atoms with Gasteiger partial charge in [-0.05, 0) is 6.92 Å². The molecule has 200 valence electrons. The molecule has 3 amide bonds. The predicted octanol–water partition coefficient (Wildman–Crippen LogP) is -1.45. The fourth-order valence-corrected chi connectivity index (χ4v) is 3.30. The van der Waals surface area contributed by atoms with Crippen molar-refractivity contribution in [3.05, 3.63) is 0 Å². The standard InChI is InChI=1S/C21H35N3O10S/c1-12(25)9-17(29)35-8-7-22-15(27)5-6-23-19(31)18(30)21(3,4)11-34-16(28)10-14(20(32)33)24-13(2)26/h12,14,18,25,30H,5-11H2,1-4H3,(H,22,27)(H,23,31)(H,24,26)(H,32,33)/t12-,14+,18+/m1/s1. The molecule has 0 unspecified atom stereocenters. The molecule has 0 fully saturated rings. The predicted molar refractivity (Wildman–Crippen MR) is 125 cm³/mol. The Hall–Kier alpha value is -2.71. The van der Waals surface area contributed by atoms with Crippen LogP contribution < -0.4 is 16.0 Å². The lowest BCUT2D eigenvalue weighted by Crippen LogP contribution is -2.47. The number of rotatable bonds is 16. The van der Waals surface area contributed by atoms with Gasteiger partial charge in [0.25, 0.3) is 0 Å². The van der Waals surface area contributed by atoms with Crippen molar-refractivity contribution in [3.8, 4) is 0 Å². The maximum Gasteiger partial charge on any atom is 0.326 e. The van der Waals surface area contributed by atoms with E-state index < -0.39 is 60.4 Å². The average molecular weight is 522 g/mol. The summed E-state index contributed by atoms with van der Waals surface area (Å²) in [5.41, 5.74) is -1.23. The fourth-order valence-electron chi connectivity index (χ4n) is 2.51. The monoisotopic (exact) mass is 521 g/mol. The van der Waals surface area contributed by atoms with Gasteiger partial charge in [0.2, 0.25) is 17.7 Å². The summed E-state index contributed by atoms with van der Waals surface area (Å²) in [6, 6.07) is -1.47. The summed E-state index contributed by atoms with van der Waals surface area (Å²) in [5, 5.41) is 35.3. The van der Waals surface area contributed by atoms with Crippen molar-refractivity contribution in [2.45, 2.75) is 65.2 Å². The number of carbonyl (C=O) groups is 6. The van der Waals surface area contributed by atoms with Crippen molar-refractivity contribution in [3.63, 3.8) is 0 Å². The first-order valence-electron chi connectivity index (χ1n) is 10.9. The molecule has 14 heteroatoms. The lowest BCUT2D eigenvalue weighted by molar-refractivity contribution is -0.156. The summed E-state index contributed by atoms with van der Waals surface area (Å²) in [6.07, 6.45) is -2.99. The molecule has 3 atom stereocenters. The minimum Gasteiger partial charge on any atom is -0.480 e. The lowest BCUT2D eigenvalue weighted by atomic mass is 9.87. The summed E-state index contributed by atoms with van der Waals surface area (Å²) in [5.74, 6) is -3.80. The highest BCUT2D eigenvalue weighted by molar-refractivity contribution is 8.13. The van der Waals surface area contributed by atoms with E-state index in [0.717, 1.165) is 18.7 Å². The Balaban J connectivity index is 4.35. The first-order valence-corrected chi connectivity index (χ1v) is 11.9. The van der Waals surface area contributed by atoms with E-state index in [0.29, 0.717) is 5.75 Å². The fraction of sp³-hybridized carbons (Fsp3) is 0.714. The van der Waals surface area contributed by atoms with Crippen molar-refractivity contribution in [1.82, 2.24) is 16.0 Å². The van der Waals surface area contributed by atoms with Gasteiger partial charge >= 0.3 is 11.9 Å². The second kappa shape index (κ2) is 16.1. The zero-order valence-corrected chi connectivity index (χ0v) is 21.1. The van der Waals surface area contributed by atoms with Gasteiger partial charge in [-0.25, -0.2) is 4.79 Å². The van der Waals surface area contributed by atoms with E-state index in [1.807, 2.05) is 0 Å². The maximum absolute atomic E-state index is 12.2. The molecule has 0 aliphatic heterocycles. The summed E-state index contributed by atoms with van der Waals surface area (Å²) in [7, 11) is 0. The summed E-state index contributed by atoms with van der Waals surface area (Å²) in [6.45, 7) is 5.28. The number of amides is 3. The van der Waals surface area contributed by atoms with Gasteiger partial charge < -0.3 is 36.0 Å². The Kier molecular flexibility index (Phi) is 14.8. The van der Waals surface area contributed by atoms with E-state index in [-0.39, 0.29) is 37.0 Å². The lowest BCUT2D eigenvalue weighted by Gasteiger charge is -2.29. The largest absolute Gasteiger partial charge is 0.480 e. The van der Waals surface area contributed by atoms with Crippen LogP contribution in [0.5, 0.6) is 0 Å². The Morgan fingerprint density at radius 3 is 2.17 bits per heavy atom. The van der Waals surface area contributed by atoms with E-state index in [1.165, 1.54) is 20.8 Å². The van der Waals surface area contributed by atoms with Crippen molar-refractivity contribution in [2.75, 3.05) is 25.4 Å². The van der Waals surface area contributed by atoms with Crippen LogP contribution in [0.3, 0.4) is 0 Å². The molecule has 0 radical (unpaired) electrons. The highest BCUT2D eigenvalue weighted by Crippen LogP contribution is 2.22. The maximum atomic E-state index is 12.2. The topological polar surface area (TPSA) is 208 Å². The smallest absolute Gasteiger partial charge is 0.326 e. The Bertz CT molecular complexity index is 772. The zero-order valence-electron chi connectivity index (χ0n) is 20.3. The third-order valence-electron chi connectivity index (χ3n) is 4.44. The van der Waals surface area contributed by atoms with Crippen molar-refractivity contribution >= 4 is 46.5 Å². The van der Waals surface area contributed by atoms with E-state index >= 15 is 0 Å². The van der Waals surface area contributed by atoms with Crippen LogP contribution in [0, 0.1) is 5.41 Å². The van der Waals surface area contributed by atoms with Crippen LogP contribution in [0.4, 0.5) is 0 Å². The molecule has 0 heterocycles. The summed E-state index contributed by atoms with van der Waals surface area (Å²) >= 11 is 0.996. The Labute approximate surface area is 207 Å². The van der Waals surface area contributed by atoms with Gasteiger partial charge in [0, 0.05) is 44.0 Å². The molecule has 0 aliphatic rings. The molecule has 0 saturated carbocycles. The molecule has 0 bridgehead atoms. The summed E-state index contributed by atoms with van der Waals surface area (Å²) < 4.78 is 4.98. The third-order valence-corrected chi connectivity index (χ3v) is 5.34. The van der Waals surface area contributed by atoms with Gasteiger partial charge in [-0.1, -0.05) is 25.6 Å². The number of thioether (sulfide) groups is 1. The van der Waals surface area contributed by atoms with Crippen LogP contribution in [-0.4, -0.2) is 93.8 Å². The highest BCUT2D eigenvalue weighted by atomic mass is 32.2. The molecule has 6 N–H and O–H groups in total. The average Bonchev–Trinajstić information content (AvgIpc) is 2.73. The minimum absolute atomic E-state index is 0.0302. The number of hydrogen-bond acceptors (Lipinski definition) is 10. The Morgan fingerprint density at radius 1 is 1.00 bits per heavy atom. The van der Waals surface area contributed by atoms with E-state index in [2.05, 4.69) is 16.0 Å². The van der Waals surface area contributed by atoms with Crippen molar-refractivity contribution in [2.24, 2.45) is 5.41 Å². The van der Waals surface area contributed by atoms with Crippen LogP contribution in [-0.2, 0) is 33.5 Å². The number of carboxylic acid groups (broad SMARTS) is 1. The van der Waals surface area contributed by atoms with Gasteiger partial charge in [-0.15, -0.1) is 0 Å². The molecular weight excluding hydrogens is 486 g/mol. The highest BCUT2D eigenvalue weighted by Gasteiger charge is 2.35. The quantitative estimate of drug-likeness (QED) is 0.102. The van der Waals surface area contributed by atoms with Gasteiger partial charge in [0.1, 0.15) is 12.1 Å².